The van der Waals surface area contributed by atoms with Gasteiger partial charge in [0.2, 0.25) is 5.91 Å². The fourth-order valence-corrected chi connectivity index (χ4v) is 2.01. The first-order valence-electron chi connectivity index (χ1n) is 5.68. The van der Waals surface area contributed by atoms with Crippen LogP contribution in [0.1, 0.15) is 33.1 Å². The van der Waals surface area contributed by atoms with Crippen LogP contribution in [0.25, 0.3) is 0 Å². The Labute approximate surface area is 95.6 Å². The van der Waals surface area contributed by atoms with Crippen LogP contribution in [0.3, 0.4) is 0 Å². The van der Waals surface area contributed by atoms with Crippen LogP contribution >= 0.6 is 0 Å². The quantitative estimate of drug-likeness (QED) is 0.734. The largest absolute Gasteiger partial charge is 0.481 e. The Bertz CT molecular complexity index is 293. The van der Waals surface area contributed by atoms with Crippen LogP contribution < -0.4 is 5.73 Å². The van der Waals surface area contributed by atoms with Gasteiger partial charge in [0.05, 0.1) is 11.5 Å². The molecule has 0 radical (unpaired) electrons. The molecule has 1 saturated heterocycles. The van der Waals surface area contributed by atoms with Crippen molar-refractivity contribution in [2.24, 2.45) is 11.1 Å². The van der Waals surface area contributed by atoms with Crippen LogP contribution in [0, 0.1) is 5.41 Å². The van der Waals surface area contributed by atoms with Crippen molar-refractivity contribution in [3.63, 3.8) is 0 Å². The topological polar surface area (TPSA) is 83.6 Å². The summed E-state index contributed by atoms with van der Waals surface area (Å²) < 4.78 is 0. The number of nitrogens with two attached hydrogens (primary N) is 1. The number of nitrogens with zero attached hydrogens (tertiary/aromatic N) is 1. The molecule has 0 aromatic carbocycles. The van der Waals surface area contributed by atoms with Gasteiger partial charge in [0.25, 0.3) is 0 Å². The summed E-state index contributed by atoms with van der Waals surface area (Å²) >= 11 is 0. The van der Waals surface area contributed by atoms with E-state index < -0.39 is 17.4 Å². The molecule has 3 N–H and O–H groups in total. The van der Waals surface area contributed by atoms with E-state index in [2.05, 4.69) is 0 Å². The fourth-order valence-electron chi connectivity index (χ4n) is 2.01. The first-order valence-corrected chi connectivity index (χ1v) is 5.68. The zero-order valence-corrected chi connectivity index (χ0v) is 9.90. The van der Waals surface area contributed by atoms with Crippen molar-refractivity contribution in [2.45, 2.75) is 39.2 Å². The van der Waals surface area contributed by atoms with Gasteiger partial charge in [-0.15, -0.1) is 0 Å². The second-order valence-electron chi connectivity index (χ2n) is 4.74. The third-order valence-electron chi connectivity index (χ3n) is 3.28. The van der Waals surface area contributed by atoms with Gasteiger partial charge in [-0.25, -0.2) is 0 Å². The maximum Gasteiger partial charge on any atom is 0.311 e. The summed E-state index contributed by atoms with van der Waals surface area (Å²) in [5, 5.41) is 9.12. The van der Waals surface area contributed by atoms with E-state index in [1.54, 1.807) is 11.8 Å². The highest BCUT2D eigenvalue weighted by atomic mass is 16.4. The van der Waals surface area contributed by atoms with Crippen LogP contribution in [-0.4, -0.2) is 41.0 Å². The Hall–Kier alpha value is -1.10. The maximum absolute atomic E-state index is 11.8. The molecular formula is C11H20N2O3. The van der Waals surface area contributed by atoms with Gasteiger partial charge in [-0.05, 0) is 26.2 Å². The van der Waals surface area contributed by atoms with E-state index in [-0.39, 0.29) is 12.5 Å². The molecular weight excluding hydrogens is 208 g/mol. The summed E-state index contributed by atoms with van der Waals surface area (Å²) in [5.74, 6) is -0.968. The number of carboxylic acids is 1. The molecule has 1 rings (SSSR count). The summed E-state index contributed by atoms with van der Waals surface area (Å²) in [4.78, 5) is 24.6. The van der Waals surface area contributed by atoms with Gasteiger partial charge in [0.15, 0.2) is 0 Å². The van der Waals surface area contributed by atoms with E-state index in [1.807, 2.05) is 6.92 Å². The molecule has 1 amide bonds. The number of amides is 1. The first-order chi connectivity index (χ1) is 7.40. The molecule has 5 nitrogen and oxygen atoms in total. The van der Waals surface area contributed by atoms with Crippen LogP contribution in [0.4, 0.5) is 0 Å². The molecule has 0 bridgehead atoms. The molecule has 2 atom stereocenters. The predicted molar refractivity (Wildman–Crippen MR) is 59.8 cm³/mol. The number of carboxylic acid groups (broad SMARTS) is 1. The highest BCUT2D eigenvalue weighted by Gasteiger charge is 2.39. The van der Waals surface area contributed by atoms with E-state index in [0.717, 1.165) is 6.42 Å². The number of likely N-dealkylation sites (tertiary alicyclic amines) is 1. The van der Waals surface area contributed by atoms with E-state index in [1.165, 1.54) is 0 Å². The van der Waals surface area contributed by atoms with Crippen molar-refractivity contribution in [1.29, 1.82) is 0 Å². The van der Waals surface area contributed by atoms with Crippen molar-refractivity contribution >= 4 is 11.9 Å². The van der Waals surface area contributed by atoms with Crippen molar-refractivity contribution in [3.8, 4) is 0 Å². The normalized spacial score (nSPS) is 27.6. The number of hydrogen-bond donors (Lipinski definition) is 2. The lowest BCUT2D eigenvalue weighted by molar-refractivity contribution is -0.153. The standard InChI is InChI=1S/C11H20N2O3/c1-3-8(12)9(14)13-6-4-5-11(2,7-13)10(15)16/h8H,3-7,12H2,1-2H3,(H,15,16)/t8-,11?/m0/s1. The van der Waals surface area contributed by atoms with Crippen LogP contribution in [-0.2, 0) is 9.59 Å². The molecule has 16 heavy (non-hydrogen) atoms. The first kappa shape index (κ1) is 13.0. The summed E-state index contributed by atoms with van der Waals surface area (Å²) in [5.41, 5.74) is 4.86. The van der Waals surface area contributed by atoms with Crippen molar-refractivity contribution < 1.29 is 14.7 Å². The van der Waals surface area contributed by atoms with Gasteiger partial charge >= 0.3 is 5.97 Å². The molecule has 0 aromatic heterocycles. The monoisotopic (exact) mass is 228 g/mol. The molecule has 1 unspecified atom stereocenters. The second kappa shape index (κ2) is 4.82. The Balaban J connectivity index is 2.71. The SMILES string of the molecule is CC[C@H](N)C(=O)N1CCCC(C)(C(=O)O)C1. The van der Waals surface area contributed by atoms with Gasteiger partial charge < -0.3 is 15.7 Å². The summed E-state index contributed by atoms with van der Waals surface area (Å²) in [6, 6.07) is -0.504. The maximum atomic E-state index is 11.8. The smallest absolute Gasteiger partial charge is 0.311 e. The molecule has 0 aromatic rings. The van der Waals surface area contributed by atoms with Crippen molar-refractivity contribution in [2.75, 3.05) is 13.1 Å². The number of carbonyl (C=O) groups excluding carboxylic acids is 1. The molecule has 1 aliphatic heterocycles. The number of hydrogen-bond acceptors (Lipinski definition) is 3. The van der Waals surface area contributed by atoms with Gasteiger partial charge in [-0.2, -0.15) is 0 Å². The minimum absolute atomic E-state index is 0.130. The minimum atomic E-state index is -0.838. The van der Waals surface area contributed by atoms with Crippen LogP contribution in [0.5, 0.6) is 0 Å². The zero-order valence-electron chi connectivity index (χ0n) is 9.90. The Morgan fingerprint density at radius 2 is 2.19 bits per heavy atom. The molecule has 92 valence electrons. The fraction of sp³-hybridized carbons (Fsp3) is 0.818. The lowest BCUT2D eigenvalue weighted by atomic mass is 9.82. The van der Waals surface area contributed by atoms with Crippen LogP contribution in [0.15, 0.2) is 0 Å². The summed E-state index contributed by atoms with van der Waals surface area (Å²) in [7, 11) is 0. The minimum Gasteiger partial charge on any atom is -0.481 e. The number of carbonyl (C=O) groups is 2. The highest BCUT2D eigenvalue weighted by Crippen LogP contribution is 2.29. The Morgan fingerprint density at radius 3 is 2.69 bits per heavy atom. The second-order valence-corrected chi connectivity index (χ2v) is 4.74. The molecule has 0 saturated carbocycles. The Morgan fingerprint density at radius 1 is 1.56 bits per heavy atom. The lowest BCUT2D eigenvalue weighted by Crippen LogP contribution is -2.52. The predicted octanol–water partition coefficient (Wildman–Crippen LogP) is 0.437. The molecule has 1 fully saturated rings. The number of aliphatic carboxylic acids is 1. The summed E-state index contributed by atoms with van der Waals surface area (Å²) in [6.07, 6.45) is 1.93. The van der Waals surface area contributed by atoms with Gasteiger partial charge in [0, 0.05) is 13.1 Å². The van der Waals surface area contributed by atoms with Crippen molar-refractivity contribution in [3.05, 3.63) is 0 Å². The van der Waals surface area contributed by atoms with Crippen molar-refractivity contribution in [1.82, 2.24) is 4.90 Å². The average molecular weight is 228 g/mol. The van der Waals surface area contributed by atoms with E-state index in [4.69, 9.17) is 10.8 Å². The molecule has 0 aliphatic carbocycles. The lowest BCUT2D eigenvalue weighted by Gasteiger charge is -2.38. The third kappa shape index (κ3) is 2.52. The van der Waals surface area contributed by atoms with Crippen LogP contribution in [0.2, 0.25) is 0 Å². The molecule has 1 aliphatic rings. The van der Waals surface area contributed by atoms with Gasteiger partial charge in [-0.3, -0.25) is 9.59 Å². The summed E-state index contributed by atoms with van der Waals surface area (Å²) in [6.45, 7) is 4.43. The van der Waals surface area contributed by atoms with E-state index in [0.29, 0.717) is 19.4 Å². The highest BCUT2D eigenvalue weighted by molar-refractivity contribution is 5.83. The molecule has 0 spiro atoms. The molecule has 5 heteroatoms. The van der Waals surface area contributed by atoms with Gasteiger partial charge in [-0.1, -0.05) is 6.92 Å². The zero-order chi connectivity index (χ0) is 12.3. The van der Waals surface area contributed by atoms with E-state index in [9.17, 15) is 9.59 Å². The number of rotatable bonds is 3. The van der Waals surface area contributed by atoms with E-state index >= 15 is 0 Å². The number of piperidine rings is 1. The Kier molecular flexibility index (Phi) is 3.91. The molecule has 1 heterocycles. The average Bonchev–Trinajstić information content (AvgIpc) is 2.27. The third-order valence-corrected chi connectivity index (χ3v) is 3.28. The van der Waals surface area contributed by atoms with Gasteiger partial charge in [0.1, 0.15) is 0 Å².